The van der Waals surface area contributed by atoms with Crippen LogP contribution in [0.3, 0.4) is 0 Å². The molecule has 2 saturated heterocycles. The number of hydrogen-bond acceptors (Lipinski definition) is 8. The van der Waals surface area contributed by atoms with E-state index in [2.05, 4.69) is 20.1 Å². The molecule has 0 spiro atoms. The van der Waals surface area contributed by atoms with Crippen LogP contribution >= 0.6 is 11.5 Å². The average molecular weight is 420 g/mol. The summed E-state index contributed by atoms with van der Waals surface area (Å²) < 4.78 is 23.9. The highest BCUT2D eigenvalue weighted by Gasteiger charge is 2.48. The fourth-order valence-electron chi connectivity index (χ4n) is 3.57. The molecule has 29 heavy (non-hydrogen) atoms. The Balaban J connectivity index is 1.49. The lowest BCUT2D eigenvalue weighted by Gasteiger charge is -2.39. The standard InChI is InChI=1S/C18H21FN6O3S/c1-18(12-5-3-2-4-6-12,13-9-20-17(27)28-13)15(26)23-24-7-8-25(14(19)10-24)16-21-11-22-29-16/h2-6,11,13-14H,7-10H2,1H3,(H,20,27)(H,23,26). The summed E-state index contributed by atoms with van der Waals surface area (Å²) in [5, 5.41) is 4.67. The van der Waals surface area contributed by atoms with Gasteiger partial charge in [0.05, 0.1) is 13.1 Å². The first-order valence-corrected chi connectivity index (χ1v) is 9.99. The van der Waals surface area contributed by atoms with E-state index in [-0.39, 0.29) is 19.0 Å². The number of anilines is 1. The van der Waals surface area contributed by atoms with Crippen LogP contribution in [0.1, 0.15) is 12.5 Å². The Morgan fingerprint density at radius 3 is 2.79 bits per heavy atom. The molecule has 2 N–H and O–H groups in total. The lowest BCUT2D eigenvalue weighted by molar-refractivity contribution is -0.135. The number of aromatic nitrogens is 2. The minimum atomic E-state index is -1.33. The SMILES string of the molecule is CC(C(=O)NN1CCN(c2ncns2)C(F)C1)(c1ccccc1)C1CNC(=O)O1. The fraction of sp³-hybridized carbons (Fsp3) is 0.444. The van der Waals surface area contributed by atoms with Crippen molar-refractivity contribution < 1.29 is 18.7 Å². The number of hydrazine groups is 1. The van der Waals surface area contributed by atoms with Gasteiger partial charge in [-0.1, -0.05) is 30.3 Å². The predicted molar refractivity (Wildman–Crippen MR) is 104 cm³/mol. The minimum Gasteiger partial charge on any atom is -0.443 e. The van der Waals surface area contributed by atoms with Crippen molar-refractivity contribution in [3.8, 4) is 0 Å². The Labute approximate surface area is 171 Å². The summed E-state index contributed by atoms with van der Waals surface area (Å²) in [4.78, 5) is 30.5. The summed E-state index contributed by atoms with van der Waals surface area (Å²) in [7, 11) is 0. The Bertz CT molecular complexity index is 870. The van der Waals surface area contributed by atoms with E-state index in [9.17, 15) is 14.0 Å². The second-order valence-corrected chi connectivity index (χ2v) is 7.84. The molecule has 0 saturated carbocycles. The molecule has 3 atom stereocenters. The predicted octanol–water partition coefficient (Wildman–Crippen LogP) is 1.05. The van der Waals surface area contributed by atoms with E-state index in [0.717, 1.165) is 11.5 Å². The number of carbonyl (C=O) groups excluding carboxylic acids is 2. The van der Waals surface area contributed by atoms with Crippen LogP contribution in [0.2, 0.25) is 0 Å². The number of nitrogens with one attached hydrogen (secondary N) is 2. The van der Waals surface area contributed by atoms with Gasteiger partial charge in [0.1, 0.15) is 17.8 Å². The Kier molecular flexibility index (Phi) is 5.33. The average Bonchev–Trinajstić information content (AvgIpc) is 3.40. The van der Waals surface area contributed by atoms with Crippen molar-refractivity contribution in [1.29, 1.82) is 0 Å². The zero-order valence-corrected chi connectivity index (χ0v) is 16.6. The van der Waals surface area contributed by atoms with Crippen molar-refractivity contribution in [3.63, 3.8) is 0 Å². The topological polar surface area (TPSA) is 99.7 Å². The molecule has 1 aromatic carbocycles. The van der Waals surface area contributed by atoms with Crippen LogP contribution in [0.25, 0.3) is 0 Å². The van der Waals surface area contributed by atoms with Gasteiger partial charge in [0.25, 0.3) is 0 Å². The summed E-state index contributed by atoms with van der Waals surface area (Å²) in [6.45, 7) is 2.71. The lowest BCUT2D eigenvalue weighted by Crippen LogP contribution is -2.61. The molecule has 0 bridgehead atoms. The summed E-state index contributed by atoms with van der Waals surface area (Å²) in [5.74, 6) is -0.359. The van der Waals surface area contributed by atoms with Gasteiger partial charge in [-0.25, -0.2) is 19.2 Å². The normalized spacial score (nSPS) is 24.5. The van der Waals surface area contributed by atoms with Gasteiger partial charge < -0.3 is 15.0 Å². The third-order valence-corrected chi connectivity index (χ3v) is 6.05. The number of carbonyl (C=O) groups is 2. The molecule has 0 radical (unpaired) electrons. The van der Waals surface area contributed by atoms with Crippen molar-refractivity contribution >= 4 is 28.7 Å². The highest BCUT2D eigenvalue weighted by molar-refractivity contribution is 7.09. The molecule has 0 aliphatic carbocycles. The van der Waals surface area contributed by atoms with Crippen molar-refractivity contribution in [2.75, 3.05) is 31.1 Å². The molecular formula is C18H21FN6O3S. The zero-order valence-electron chi connectivity index (χ0n) is 15.7. The number of nitrogens with zero attached hydrogens (tertiary/aromatic N) is 4. The summed E-state index contributed by atoms with van der Waals surface area (Å²) >= 11 is 1.13. The maximum Gasteiger partial charge on any atom is 0.407 e. The van der Waals surface area contributed by atoms with Crippen molar-refractivity contribution in [3.05, 3.63) is 42.2 Å². The Morgan fingerprint density at radius 1 is 1.38 bits per heavy atom. The zero-order chi connectivity index (χ0) is 20.4. The van der Waals surface area contributed by atoms with E-state index in [1.165, 1.54) is 11.2 Å². The number of cyclic esters (lactones) is 1. The van der Waals surface area contributed by atoms with Gasteiger partial charge in [-0.05, 0) is 12.5 Å². The van der Waals surface area contributed by atoms with Crippen LogP contribution in [0.15, 0.2) is 36.7 Å². The molecule has 4 rings (SSSR count). The molecule has 3 heterocycles. The van der Waals surface area contributed by atoms with Gasteiger partial charge in [0, 0.05) is 24.6 Å². The van der Waals surface area contributed by atoms with E-state index in [0.29, 0.717) is 23.8 Å². The van der Waals surface area contributed by atoms with Crippen LogP contribution in [0.5, 0.6) is 0 Å². The monoisotopic (exact) mass is 420 g/mol. The second kappa shape index (κ2) is 7.91. The van der Waals surface area contributed by atoms with Crippen molar-refractivity contribution in [2.45, 2.75) is 24.7 Å². The van der Waals surface area contributed by atoms with Crippen LogP contribution in [0, 0.1) is 0 Å². The fourth-order valence-corrected chi connectivity index (χ4v) is 4.16. The van der Waals surface area contributed by atoms with E-state index in [1.54, 1.807) is 11.9 Å². The number of benzene rings is 1. The Morgan fingerprint density at radius 2 is 2.17 bits per heavy atom. The number of amides is 2. The number of rotatable bonds is 5. The maximum atomic E-state index is 14.7. The van der Waals surface area contributed by atoms with E-state index in [1.807, 2.05) is 30.3 Å². The van der Waals surface area contributed by atoms with Gasteiger partial charge in [0.15, 0.2) is 6.30 Å². The highest BCUT2D eigenvalue weighted by atomic mass is 32.1. The second-order valence-electron chi connectivity index (χ2n) is 7.08. The molecule has 2 amide bonds. The smallest absolute Gasteiger partial charge is 0.407 e. The molecule has 154 valence electrons. The third-order valence-electron chi connectivity index (χ3n) is 5.35. The molecule has 2 aliphatic rings. The van der Waals surface area contributed by atoms with E-state index >= 15 is 0 Å². The summed E-state index contributed by atoms with van der Waals surface area (Å²) in [6, 6.07) is 9.13. The molecule has 11 heteroatoms. The maximum absolute atomic E-state index is 14.7. The summed E-state index contributed by atoms with van der Waals surface area (Å²) in [6.07, 6.45) is -1.17. The molecular weight excluding hydrogens is 399 g/mol. The van der Waals surface area contributed by atoms with Crippen LogP contribution < -0.4 is 15.6 Å². The number of alkyl carbamates (subject to hydrolysis) is 1. The first kappa shape index (κ1) is 19.5. The van der Waals surface area contributed by atoms with Gasteiger partial charge in [0.2, 0.25) is 11.0 Å². The lowest BCUT2D eigenvalue weighted by atomic mass is 9.76. The third kappa shape index (κ3) is 3.75. The molecule has 9 nitrogen and oxygen atoms in total. The van der Waals surface area contributed by atoms with Crippen molar-refractivity contribution in [1.82, 2.24) is 25.1 Å². The number of halogens is 1. The van der Waals surface area contributed by atoms with Crippen molar-refractivity contribution in [2.24, 2.45) is 0 Å². The van der Waals surface area contributed by atoms with Gasteiger partial charge in [-0.2, -0.15) is 4.37 Å². The van der Waals surface area contributed by atoms with Crippen LogP contribution in [0.4, 0.5) is 14.3 Å². The molecule has 3 unspecified atom stereocenters. The first-order valence-electron chi connectivity index (χ1n) is 9.22. The van der Waals surface area contributed by atoms with Crippen LogP contribution in [-0.2, 0) is 14.9 Å². The number of ether oxygens (including phenoxy) is 1. The quantitative estimate of drug-likeness (QED) is 0.698. The van der Waals surface area contributed by atoms with Gasteiger partial charge in [-0.3, -0.25) is 10.2 Å². The highest BCUT2D eigenvalue weighted by Crippen LogP contribution is 2.32. The minimum absolute atomic E-state index is 0.0150. The molecule has 2 aromatic rings. The van der Waals surface area contributed by atoms with E-state index in [4.69, 9.17) is 4.74 Å². The molecule has 2 aliphatic heterocycles. The van der Waals surface area contributed by atoms with E-state index < -0.39 is 23.9 Å². The van der Waals surface area contributed by atoms with Gasteiger partial charge >= 0.3 is 6.09 Å². The Hall–Kier alpha value is -2.79. The largest absolute Gasteiger partial charge is 0.443 e. The molecule has 2 fully saturated rings. The summed E-state index contributed by atoms with van der Waals surface area (Å²) in [5.41, 5.74) is 2.40. The molecule has 1 aromatic heterocycles. The number of alkyl halides is 1. The van der Waals surface area contributed by atoms with Gasteiger partial charge in [-0.15, -0.1) is 0 Å². The van der Waals surface area contributed by atoms with Crippen LogP contribution in [-0.4, -0.2) is 64.9 Å². The number of piperazine rings is 1. The first-order chi connectivity index (χ1) is 14.0. The number of hydrogen-bond donors (Lipinski definition) is 2.